The van der Waals surface area contributed by atoms with Crippen molar-refractivity contribution in [3.8, 4) is 11.4 Å². The zero-order chi connectivity index (χ0) is 19.7. The average Bonchev–Trinajstić information content (AvgIpc) is 3.31. The Labute approximate surface area is 196 Å². The first-order chi connectivity index (χ1) is 14.4. The van der Waals surface area contributed by atoms with Gasteiger partial charge in [0.05, 0.1) is 6.33 Å². The topological polar surface area (TPSA) is 30.3 Å². The van der Waals surface area contributed by atoms with Crippen LogP contribution >= 0.6 is 24.8 Å². The number of benzene rings is 3. The van der Waals surface area contributed by atoms with Gasteiger partial charge in [-0.05, 0) is 35.4 Å². The van der Waals surface area contributed by atoms with Crippen LogP contribution in [-0.2, 0) is 13.1 Å². The van der Waals surface area contributed by atoms with Crippen LogP contribution in [0.2, 0.25) is 0 Å². The highest BCUT2D eigenvalue weighted by Gasteiger charge is 2.08. The van der Waals surface area contributed by atoms with Gasteiger partial charge in [0.2, 0.25) is 0 Å². The third-order valence-electron chi connectivity index (χ3n) is 4.81. The molecule has 4 rings (SSSR count). The Balaban J connectivity index is 0.00000171. The zero-order valence-corrected chi connectivity index (χ0v) is 18.8. The Bertz CT molecular complexity index is 937. The van der Waals surface area contributed by atoms with Gasteiger partial charge in [-0.15, -0.1) is 24.8 Å². The van der Waals surface area contributed by atoms with Crippen LogP contribution in [0.3, 0.4) is 0 Å². The van der Waals surface area contributed by atoms with Gasteiger partial charge in [0.1, 0.15) is 12.4 Å². The van der Waals surface area contributed by atoms with E-state index in [9.17, 15) is 0 Å². The van der Waals surface area contributed by atoms with E-state index in [0.29, 0.717) is 6.61 Å². The van der Waals surface area contributed by atoms with Crippen LogP contribution in [-0.4, -0.2) is 27.6 Å². The molecular formula is C25H27Cl2N3O. The van der Waals surface area contributed by atoms with Crippen molar-refractivity contribution < 1.29 is 4.74 Å². The maximum atomic E-state index is 6.02. The summed E-state index contributed by atoms with van der Waals surface area (Å²) in [6.07, 6.45) is 5.50. The molecule has 6 heteroatoms. The SMILES string of the molecule is Cl.Cl.c1ccc(CN(CCOc2ccc(-n3ccnc3)cc2)Cc2ccccc2)cc1. The molecule has 0 fully saturated rings. The molecule has 0 amide bonds. The fraction of sp³-hybridized carbons (Fsp3) is 0.160. The van der Waals surface area contributed by atoms with Crippen molar-refractivity contribution in [2.24, 2.45) is 0 Å². The molecular weight excluding hydrogens is 429 g/mol. The number of ether oxygens (including phenoxy) is 1. The van der Waals surface area contributed by atoms with Gasteiger partial charge in [0, 0.05) is 37.7 Å². The lowest BCUT2D eigenvalue weighted by Crippen LogP contribution is -2.27. The molecule has 1 heterocycles. The third kappa shape index (κ3) is 7.44. The van der Waals surface area contributed by atoms with Crippen molar-refractivity contribution in [2.75, 3.05) is 13.2 Å². The fourth-order valence-corrected chi connectivity index (χ4v) is 3.32. The van der Waals surface area contributed by atoms with Crippen LogP contribution in [0.1, 0.15) is 11.1 Å². The van der Waals surface area contributed by atoms with Crippen LogP contribution in [0.15, 0.2) is 104 Å². The predicted molar refractivity (Wildman–Crippen MR) is 131 cm³/mol. The van der Waals surface area contributed by atoms with E-state index in [4.69, 9.17) is 4.74 Å². The van der Waals surface area contributed by atoms with E-state index in [1.54, 1.807) is 12.5 Å². The van der Waals surface area contributed by atoms with Crippen LogP contribution in [0, 0.1) is 0 Å². The maximum absolute atomic E-state index is 6.02. The monoisotopic (exact) mass is 455 g/mol. The average molecular weight is 456 g/mol. The molecule has 162 valence electrons. The molecule has 0 N–H and O–H groups in total. The third-order valence-corrected chi connectivity index (χ3v) is 4.81. The molecule has 0 saturated heterocycles. The second-order valence-electron chi connectivity index (χ2n) is 6.99. The molecule has 4 nitrogen and oxygen atoms in total. The Morgan fingerprint density at radius 1 is 0.742 bits per heavy atom. The van der Waals surface area contributed by atoms with E-state index in [-0.39, 0.29) is 24.8 Å². The summed E-state index contributed by atoms with van der Waals surface area (Å²) in [5.41, 5.74) is 3.70. The van der Waals surface area contributed by atoms with Gasteiger partial charge < -0.3 is 9.30 Å². The van der Waals surface area contributed by atoms with Crippen LogP contribution in [0.4, 0.5) is 0 Å². The zero-order valence-electron chi connectivity index (χ0n) is 17.2. The summed E-state index contributed by atoms with van der Waals surface area (Å²) in [6.45, 7) is 3.30. The first-order valence-electron chi connectivity index (χ1n) is 9.88. The lowest BCUT2D eigenvalue weighted by atomic mass is 10.1. The summed E-state index contributed by atoms with van der Waals surface area (Å²) in [4.78, 5) is 6.51. The maximum Gasteiger partial charge on any atom is 0.119 e. The smallest absolute Gasteiger partial charge is 0.119 e. The molecule has 0 spiro atoms. The molecule has 0 aliphatic rings. The van der Waals surface area contributed by atoms with E-state index in [0.717, 1.165) is 31.1 Å². The summed E-state index contributed by atoms with van der Waals surface area (Å²) in [6, 6.07) is 29.3. The summed E-state index contributed by atoms with van der Waals surface area (Å²) in [5, 5.41) is 0. The minimum absolute atomic E-state index is 0. The Morgan fingerprint density at radius 2 is 1.32 bits per heavy atom. The number of aromatic nitrogens is 2. The summed E-state index contributed by atoms with van der Waals surface area (Å²) in [7, 11) is 0. The summed E-state index contributed by atoms with van der Waals surface area (Å²) >= 11 is 0. The molecule has 0 atom stereocenters. The van der Waals surface area contributed by atoms with Gasteiger partial charge >= 0.3 is 0 Å². The fourth-order valence-electron chi connectivity index (χ4n) is 3.32. The summed E-state index contributed by atoms with van der Waals surface area (Å²) in [5.74, 6) is 0.883. The number of hydrogen-bond donors (Lipinski definition) is 0. The highest BCUT2D eigenvalue weighted by Crippen LogP contribution is 2.16. The van der Waals surface area contributed by atoms with Gasteiger partial charge in [-0.3, -0.25) is 4.90 Å². The van der Waals surface area contributed by atoms with E-state index >= 15 is 0 Å². The number of imidazole rings is 1. The van der Waals surface area contributed by atoms with Crippen molar-refractivity contribution in [3.63, 3.8) is 0 Å². The molecule has 3 aromatic carbocycles. The number of halogens is 2. The molecule has 0 bridgehead atoms. The molecule has 0 radical (unpaired) electrons. The van der Waals surface area contributed by atoms with Gasteiger partial charge in [-0.2, -0.15) is 0 Å². The minimum atomic E-state index is 0. The standard InChI is InChI=1S/C25H25N3O.2ClH/c1-3-7-22(8-4-1)19-27(20-23-9-5-2-6-10-23)17-18-29-25-13-11-24(12-14-25)28-16-15-26-21-28;;/h1-16,21H,17-20H2;2*1H. The summed E-state index contributed by atoms with van der Waals surface area (Å²) < 4.78 is 8.00. The van der Waals surface area contributed by atoms with Crippen molar-refractivity contribution in [2.45, 2.75) is 13.1 Å². The number of nitrogens with zero attached hydrogens (tertiary/aromatic N) is 3. The van der Waals surface area contributed by atoms with E-state index in [1.807, 2.05) is 35.0 Å². The minimum Gasteiger partial charge on any atom is -0.492 e. The molecule has 0 aliphatic carbocycles. The van der Waals surface area contributed by atoms with Crippen LogP contribution < -0.4 is 4.74 Å². The van der Waals surface area contributed by atoms with Gasteiger partial charge in [-0.25, -0.2) is 4.98 Å². The van der Waals surface area contributed by atoms with Gasteiger partial charge in [-0.1, -0.05) is 60.7 Å². The van der Waals surface area contributed by atoms with Gasteiger partial charge in [0.25, 0.3) is 0 Å². The van der Waals surface area contributed by atoms with Crippen molar-refractivity contribution >= 4 is 24.8 Å². The molecule has 31 heavy (non-hydrogen) atoms. The van der Waals surface area contributed by atoms with Crippen molar-refractivity contribution in [3.05, 3.63) is 115 Å². The lowest BCUT2D eigenvalue weighted by molar-refractivity contribution is 0.196. The highest BCUT2D eigenvalue weighted by molar-refractivity contribution is 5.85. The van der Waals surface area contributed by atoms with Crippen LogP contribution in [0.5, 0.6) is 5.75 Å². The van der Waals surface area contributed by atoms with E-state index in [2.05, 4.69) is 70.5 Å². The quantitative estimate of drug-likeness (QED) is 0.319. The number of hydrogen-bond acceptors (Lipinski definition) is 3. The first kappa shape index (κ1) is 24.5. The first-order valence-corrected chi connectivity index (χ1v) is 9.88. The molecule has 1 aromatic heterocycles. The second-order valence-corrected chi connectivity index (χ2v) is 6.99. The normalized spacial score (nSPS) is 10.2. The number of rotatable bonds is 9. The Morgan fingerprint density at radius 3 is 1.84 bits per heavy atom. The Hall–Kier alpha value is -2.79. The second kappa shape index (κ2) is 12.8. The van der Waals surface area contributed by atoms with Crippen molar-refractivity contribution in [1.82, 2.24) is 14.5 Å². The van der Waals surface area contributed by atoms with E-state index < -0.39 is 0 Å². The highest BCUT2D eigenvalue weighted by atomic mass is 35.5. The molecule has 0 aliphatic heterocycles. The van der Waals surface area contributed by atoms with Gasteiger partial charge in [0.15, 0.2) is 0 Å². The molecule has 0 saturated carbocycles. The lowest BCUT2D eigenvalue weighted by Gasteiger charge is -2.23. The largest absolute Gasteiger partial charge is 0.492 e. The Kier molecular flexibility index (Phi) is 10.1. The molecule has 4 aromatic rings. The predicted octanol–water partition coefficient (Wildman–Crippen LogP) is 5.80. The van der Waals surface area contributed by atoms with E-state index in [1.165, 1.54) is 11.1 Å². The van der Waals surface area contributed by atoms with Crippen LogP contribution in [0.25, 0.3) is 5.69 Å². The van der Waals surface area contributed by atoms with Crippen molar-refractivity contribution in [1.29, 1.82) is 0 Å². The molecule has 0 unspecified atom stereocenters.